The lowest BCUT2D eigenvalue weighted by Crippen LogP contribution is -1.99. The van der Waals surface area contributed by atoms with Gasteiger partial charge in [0.2, 0.25) is 0 Å². The van der Waals surface area contributed by atoms with E-state index in [-0.39, 0.29) is 5.56 Å². The summed E-state index contributed by atoms with van der Waals surface area (Å²) in [5.41, 5.74) is 0.109. The van der Waals surface area contributed by atoms with Crippen LogP contribution in [-0.2, 0) is 0 Å². The summed E-state index contributed by atoms with van der Waals surface area (Å²) < 4.78 is 25.1. The molecule has 0 aliphatic rings. The van der Waals surface area contributed by atoms with Gasteiger partial charge >= 0.3 is 0 Å². The van der Waals surface area contributed by atoms with Crippen LogP contribution in [0.1, 0.15) is 11.5 Å². The number of halogens is 2. The molecule has 65 valence electrons. The van der Waals surface area contributed by atoms with Crippen molar-refractivity contribution >= 4 is 0 Å². The largest absolute Gasteiger partial charge is 0.505 e. The topological polar surface area (TPSA) is 20.2 Å². The number of hydrogen-bond acceptors (Lipinski definition) is 1. The second-order valence-corrected chi connectivity index (χ2v) is 2.53. The maximum atomic E-state index is 13.0. The molecule has 12 heavy (non-hydrogen) atoms. The molecule has 1 radical (unpaired) electrons. The van der Waals surface area contributed by atoms with Crippen LogP contribution < -0.4 is 0 Å². The first-order valence-electron chi connectivity index (χ1n) is 3.53. The van der Waals surface area contributed by atoms with Gasteiger partial charge in [-0.1, -0.05) is 12.1 Å². The SMILES string of the molecule is [CH2]C(CF)c1cccc(O)c1F. The molecule has 1 atom stereocenters. The highest BCUT2D eigenvalue weighted by molar-refractivity contribution is 5.32. The van der Waals surface area contributed by atoms with E-state index in [0.717, 1.165) is 0 Å². The summed E-state index contributed by atoms with van der Waals surface area (Å²) in [5.74, 6) is -2.00. The lowest BCUT2D eigenvalue weighted by atomic mass is 10.0. The number of phenolic OH excluding ortho intramolecular Hbond substituents is 1. The third-order valence-corrected chi connectivity index (χ3v) is 1.63. The standard InChI is InChI=1S/C9H9F2O/c1-6(5-10)7-3-2-4-8(12)9(7)11/h2-4,6,12H,1,5H2. The molecule has 0 fully saturated rings. The summed E-state index contributed by atoms with van der Waals surface area (Å²) in [5, 5.41) is 8.92. The molecule has 0 aliphatic heterocycles. The Hall–Kier alpha value is -1.12. The van der Waals surface area contributed by atoms with Crippen molar-refractivity contribution in [2.24, 2.45) is 0 Å². The van der Waals surface area contributed by atoms with Crippen molar-refractivity contribution in [3.63, 3.8) is 0 Å². The maximum Gasteiger partial charge on any atom is 0.168 e. The minimum Gasteiger partial charge on any atom is -0.505 e. The molecule has 1 unspecified atom stereocenters. The first-order chi connectivity index (χ1) is 5.66. The average Bonchev–Trinajstić information content (AvgIpc) is 2.08. The van der Waals surface area contributed by atoms with Gasteiger partial charge in [-0.25, -0.2) is 4.39 Å². The highest BCUT2D eigenvalue weighted by Gasteiger charge is 2.12. The number of hydrogen-bond donors (Lipinski definition) is 1. The highest BCUT2D eigenvalue weighted by atomic mass is 19.1. The maximum absolute atomic E-state index is 13.0. The van der Waals surface area contributed by atoms with Gasteiger partial charge in [-0.15, -0.1) is 0 Å². The number of alkyl halides is 1. The lowest BCUT2D eigenvalue weighted by Gasteiger charge is -2.08. The molecule has 0 spiro atoms. The van der Waals surface area contributed by atoms with Crippen LogP contribution >= 0.6 is 0 Å². The van der Waals surface area contributed by atoms with E-state index in [0.29, 0.717) is 0 Å². The predicted molar refractivity (Wildman–Crippen MR) is 42.1 cm³/mol. The van der Waals surface area contributed by atoms with Crippen molar-refractivity contribution in [3.05, 3.63) is 36.5 Å². The van der Waals surface area contributed by atoms with Crippen molar-refractivity contribution in [3.8, 4) is 5.75 Å². The Bertz CT molecular complexity index is 273. The molecular formula is C9H9F2O. The number of rotatable bonds is 2. The smallest absolute Gasteiger partial charge is 0.168 e. The molecule has 3 heteroatoms. The van der Waals surface area contributed by atoms with Gasteiger partial charge in [0, 0.05) is 5.92 Å². The molecule has 1 rings (SSSR count). The fraction of sp³-hybridized carbons (Fsp3) is 0.222. The monoisotopic (exact) mass is 171 g/mol. The summed E-state index contributed by atoms with van der Waals surface area (Å²) in [6.45, 7) is 2.67. The Labute approximate surface area is 69.7 Å². The zero-order valence-corrected chi connectivity index (χ0v) is 6.43. The van der Waals surface area contributed by atoms with Gasteiger partial charge in [-0.2, -0.15) is 0 Å². The molecule has 0 aliphatic carbocycles. The normalized spacial score (nSPS) is 12.9. The fourth-order valence-electron chi connectivity index (χ4n) is 0.936. The van der Waals surface area contributed by atoms with Gasteiger partial charge in [0.05, 0.1) is 6.67 Å². The molecule has 1 aromatic rings. The summed E-state index contributed by atoms with van der Waals surface area (Å²) >= 11 is 0. The van der Waals surface area contributed by atoms with Gasteiger partial charge in [0.1, 0.15) is 0 Å². The molecule has 0 saturated heterocycles. The van der Waals surface area contributed by atoms with Crippen molar-refractivity contribution < 1.29 is 13.9 Å². The van der Waals surface area contributed by atoms with Crippen molar-refractivity contribution in [2.75, 3.05) is 6.67 Å². The summed E-state index contributed by atoms with van der Waals surface area (Å²) in [6.07, 6.45) is 0. The van der Waals surface area contributed by atoms with Crippen LogP contribution in [0.4, 0.5) is 8.78 Å². The summed E-state index contributed by atoms with van der Waals surface area (Å²) in [6, 6.07) is 4.08. The second-order valence-electron chi connectivity index (χ2n) is 2.53. The fourth-order valence-corrected chi connectivity index (χ4v) is 0.936. The van der Waals surface area contributed by atoms with Gasteiger partial charge in [0.15, 0.2) is 11.6 Å². The van der Waals surface area contributed by atoms with E-state index in [1.54, 1.807) is 0 Å². The molecule has 0 bridgehead atoms. The number of phenols is 1. The molecule has 1 N–H and O–H groups in total. The molecule has 0 aromatic heterocycles. The number of benzene rings is 1. The molecule has 1 nitrogen and oxygen atoms in total. The zero-order valence-electron chi connectivity index (χ0n) is 6.43. The van der Waals surface area contributed by atoms with Crippen molar-refractivity contribution in [1.82, 2.24) is 0 Å². The van der Waals surface area contributed by atoms with E-state index < -0.39 is 24.2 Å². The Morgan fingerprint density at radius 1 is 1.50 bits per heavy atom. The minimum absolute atomic E-state index is 0.109. The Balaban J connectivity index is 3.07. The van der Waals surface area contributed by atoms with Gasteiger partial charge < -0.3 is 5.11 Å². The van der Waals surface area contributed by atoms with E-state index in [4.69, 9.17) is 5.11 Å². The number of aromatic hydroxyl groups is 1. The first-order valence-corrected chi connectivity index (χ1v) is 3.53. The van der Waals surface area contributed by atoms with Crippen LogP contribution in [-0.4, -0.2) is 11.8 Å². The van der Waals surface area contributed by atoms with E-state index in [2.05, 4.69) is 6.92 Å². The van der Waals surface area contributed by atoms with Crippen LogP contribution in [0.2, 0.25) is 0 Å². The quantitative estimate of drug-likeness (QED) is 0.724. The minimum atomic E-state index is -0.782. The van der Waals surface area contributed by atoms with Crippen LogP contribution in [0.15, 0.2) is 18.2 Å². The van der Waals surface area contributed by atoms with Crippen LogP contribution in [0.3, 0.4) is 0 Å². The zero-order chi connectivity index (χ0) is 9.14. The Morgan fingerprint density at radius 3 is 2.75 bits per heavy atom. The third kappa shape index (κ3) is 1.55. The Kier molecular flexibility index (Phi) is 2.63. The van der Waals surface area contributed by atoms with E-state index >= 15 is 0 Å². The second kappa shape index (κ2) is 3.52. The van der Waals surface area contributed by atoms with Crippen LogP contribution in [0.5, 0.6) is 5.75 Å². The third-order valence-electron chi connectivity index (χ3n) is 1.63. The summed E-state index contributed by atoms with van der Waals surface area (Å²) in [4.78, 5) is 0. The first kappa shape index (κ1) is 8.97. The Morgan fingerprint density at radius 2 is 2.17 bits per heavy atom. The van der Waals surface area contributed by atoms with Gasteiger partial charge in [-0.3, -0.25) is 4.39 Å². The van der Waals surface area contributed by atoms with Crippen molar-refractivity contribution in [2.45, 2.75) is 5.92 Å². The molecule has 0 saturated carbocycles. The molecular weight excluding hydrogens is 162 g/mol. The van der Waals surface area contributed by atoms with Crippen LogP contribution in [0, 0.1) is 12.7 Å². The van der Waals surface area contributed by atoms with E-state index in [1.807, 2.05) is 0 Å². The predicted octanol–water partition coefficient (Wildman–Crippen LogP) is 2.42. The lowest BCUT2D eigenvalue weighted by molar-refractivity contribution is 0.416. The average molecular weight is 171 g/mol. The molecule has 0 amide bonds. The highest BCUT2D eigenvalue weighted by Crippen LogP contribution is 2.24. The van der Waals surface area contributed by atoms with Crippen LogP contribution in [0.25, 0.3) is 0 Å². The van der Waals surface area contributed by atoms with Crippen molar-refractivity contribution in [1.29, 1.82) is 0 Å². The summed E-state index contributed by atoms with van der Waals surface area (Å²) in [7, 11) is 0. The molecule has 0 heterocycles. The van der Waals surface area contributed by atoms with E-state index in [1.165, 1.54) is 18.2 Å². The molecule has 1 aromatic carbocycles. The van der Waals surface area contributed by atoms with Gasteiger partial charge in [-0.05, 0) is 18.6 Å². The van der Waals surface area contributed by atoms with Gasteiger partial charge in [0.25, 0.3) is 0 Å². The van der Waals surface area contributed by atoms with E-state index in [9.17, 15) is 8.78 Å².